The number of aliphatic hydroxyl groups is 1. The Morgan fingerprint density at radius 3 is 2.31 bits per heavy atom. The second kappa shape index (κ2) is 13.0. The maximum Gasteiger partial charge on any atom is 0.221 e. The maximum absolute atomic E-state index is 12.0. The van der Waals surface area contributed by atoms with Crippen LogP contribution in [0.1, 0.15) is 43.0 Å². The molecule has 0 unspecified atom stereocenters. The van der Waals surface area contributed by atoms with Crippen molar-refractivity contribution in [2.24, 2.45) is 5.73 Å². The molecule has 1 heterocycles. The molecule has 0 saturated heterocycles. The fraction of sp³-hybridized carbons (Fsp3) is 0.290. The van der Waals surface area contributed by atoms with Gasteiger partial charge in [0, 0.05) is 46.7 Å². The fourth-order valence-corrected chi connectivity index (χ4v) is 4.74. The minimum absolute atomic E-state index is 0.0299. The van der Waals surface area contributed by atoms with Crippen molar-refractivity contribution in [2.45, 2.75) is 46.8 Å². The van der Waals surface area contributed by atoms with Crippen LogP contribution in [0.3, 0.4) is 0 Å². The van der Waals surface area contributed by atoms with Crippen molar-refractivity contribution in [3.8, 4) is 11.5 Å². The van der Waals surface area contributed by atoms with Crippen LogP contribution < -0.4 is 25.8 Å². The van der Waals surface area contributed by atoms with Crippen molar-refractivity contribution in [3.05, 3.63) is 83.0 Å². The van der Waals surface area contributed by atoms with Gasteiger partial charge in [-0.25, -0.2) is 0 Å². The average Bonchev–Trinajstić information content (AvgIpc) is 2.94. The molecule has 0 bridgehead atoms. The summed E-state index contributed by atoms with van der Waals surface area (Å²) in [6.07, 6.45) is 2.52. The van der Waals surface area contributed by atoms with Gasteiger partial charge >= 0.3 is 0 Å². The molecule has 4 rings (SSSR count). The lowest BCUT2D eigenvalue weighted by molar-refractivity contribution is -0.117. The van der Waals surface area contributed by atoms with Crippen LogP contribution in [0.2, 0.25) is 0 Å². The molecule has 1 amide bonds. The second-order valence-electron chi connectivity index (χ2n) is 9.07. The van der Waals surface area contributed by atoms with Gasteiger partial charge < -0.3 is 30.9 Å². The largest absolute Gasteiger partial charge is 0.490 e. The highest BCUT2D eigenvalue weighted by atomic mass is 16.5. The van der Waals surface area contributed by atoms with Gasteiger partial charge in [-0.3, -0.25) is 9.78 Å². The summed E-state index contributed by atoms with van der Waals surface area (Å²) in [7, 11) is 0. The number of carbonyl (C=O) groups is 1. The van der Waals surface area contributed by atoms with Crippen molar-refractivity contribution in [1.29, 1.82) is 0 Å². The number of nitrogens with one attached hydrogen (secondary N) is 2. The van der Waals surface area contributed by atoms with Gasteiger partial charge in [0.25, 0.3) is 0 Å². The van der Waals surface area contributed by atoms with E-state index in [1.807, 2.05) is 62.4 Å². The molecule has 8 nitrogen and oxygen atoms in total. The topological polar surface area (TPSA) is 119 Å². The molecule has 0 spiro atoms. The summed E-state index contributed by atoms with van der Waals surface area (Å²) in [5, 5.41) is 17.6. The van der Waals surface area contributed by atoms with E-state index < -0.39 is 5.91 Å². The monoisotopic (exact) mass is 528 g/mol. The van der Waals surface area contributed by atoms with Crippen LogP contribution in [0.4, 0.5) is 17.1 Å². The van der Waals surface area contributed by atoms with E-state index in [9.17, 15) is 9.90 Å². The number of amides is 1. The predicted octanol–water partition coefficient (Wildman–Crippen LogP) is 5.47. The first-order chi connectivity index (χ1) is 19.0. The highest BCUT2D eigenvalue weighted by Gasteiger charge is 2.17. The number of rotatable bonds is 13. The Morgan fingerprint density at radius 1 is 0.923 bits per heavy atom. The molecule has 0 saturated carbocycles. The van der Waals surface area contributed by atoms with E-state index >= 15 is 0 Å². The van der Waals surface area contributed by atoms with Crippen molar-refractivity contribution in [1.82, 2.24) is 4.98 Å². The van der Waals surface area contributed by atoms with Crippen LogP contribution >= 0.6 is 0 Å². The number of aliphatic hydroxyl groups excluding tert-OH is 1. The van der Waals surface area contributed by atoms with E-state index in [0.717, 1.165) is 45.6 Å². The summed E-state index contributed by atoms with van der Waals surface area (Å²) in [5.74, 6) is 0.800. The summed E-state index contributed by atoms with van der Waals surface area (Å²) in [6, 6.07) is 17.6. The molecular formula is C31H36N4O4. The standard InChI is InChI=1S/C31H36N4O4/c1-4-23-20(17-33-25-12-8-7-10-21(25)19-36)11-9-13-26(23)35-31-22(14-30(32)37)18-34-27-16-29(39-6-3)28(38-5-2)15-24(27)31/h7-13,15-16,18,33,36H,4-6,14,17,19H2,1-3H3,(H2,32,37)(H,34,35). The van der Waals surface area contributed by atoms with Gasteiger partial charge in [0.05, 0.1) is 37.4 Å². The number of hydrogen-bond acceptors (Lipinski definition) is 7. The van der Waals surface area contributed by atoms with Crippen LogP contribution in [0.5, 0.6) is 11.5 Å². The number of ether oxygens (including phenoxy) is 2. The third-order valence-electron chi connectivity index (χ3n) is 6.52. The van der Waals surface area contributed by atoms with E-state index in [1.165, 1.54) is 0 Å². The molecule has 8 heteroatoms. The van der Waals surface area contributed by atoms with Gasteiger partial charge in [0.15, 0.2) is 11.5 Å². The van der Waals surface area contributed by atoms with Crippen molar-refractivity contribution in [3.63, 3.8) is 0 Å². The Balaban J connectivity index is 1.77. The first kappa shape index (κ1) is 27.7. The van der Waals surface area contributed by atoms with E-state index in [-0.39, 0.29) is 13.0 Å². The molecule has 3 aromatic carbocycles. The molecule has 0 radical (unpaired) electrons. The third kappa shape index (κ3) is 6.41. The normalized spacial score (nSPS) is 10.9. The van der Waals surface area contributed by atoms with Gasteiger partial charge in [-0.2, -0.15) is 0 Å². The second-order valence-corrected chi connectivity index (χ2v) is 9.07. The first-order valence-electron chi connectivity index (χ1n) is 13.3. The molecular weight excluding hydrogens is 492 g/mol. The molecule has 204 valence electrons. The van der Waals surface area contributed by atoms with Gasteiger partial charge in [-0.1, -0.05) is 37.3 Å². The van der Waals surface area contributed by atoms with E-state index in [0.29, 0.717) is 42.3 Å². The molecule has 4 aromatic rings. The number of pyridine rings is 1. The maximum atomic E-state index is 12.0. The van der Waals surface area contributed by atoms with Crippen molar-refractivity contribution in [2.75, 3.05) is 23.8 Å². The highest BCUT2D eigenvalue weighted by molar-refractivity contribution is 5.98. The molecule has 0 aliphatic rings. The van der Waals surface area contributed by atoms with Gasteiger partial charge in [-0.15, -0.1) is 0 Å². The molecule has 0 atom stereocenters. The Morgan fingerprint density at radius 2 is 1.62 bits per heavy atom. The fourth-order valence-electron chi connectivity index (χ4n) is 4.74. The highest BCUT2D eigenvalue weighted by Crippen LogP contribution is 2.38. The zero-order valence-corrected chi connectivity index (χ0v) is 22.7. The number of para-hydroxylation sites is 1. The SMILES string of the molecule is CCOc1cc2ncc(CC(N)=O)c(Nc3cccc(CNc4ccccc4CO)c3CC)c2cc1OCC. The predicted molar refractivity (Wildman–Crippen MR) is 156 cm³/mol. The summed E-state index contributed by atoms with van der Waals surface area (Å²) in [4.78, 5) is 16.6. The average molecular weight is 529 g/mol. The van der Waals surface area contributed by atoms with Crippen molar-refractivity contribution < 1.29 is 19.4 Å². The van der Waals surface area contributed by atoms with Crippen molar-refractivity contribution >= 4 is 33.9 Å². The van der Waals surface area contributed by atoms with Crippen LogP contribution in [-0.2, 0) is 30.8 Å². The first-order valence-corrected chi connectivity index (χ1v) is 13.3. The van der Waals surface area contributed by atoms with E-state index in [1.54, 1.807) is 6.20 Å². The minimum atomic E-state index is -0.439. The lowest BCUT2D eigenvalue weighted by atomic mass is 10.0. The number of primary amides is 1. The summed E-state index contributed by atoms with van der Waals surface area (Å²) < 4.78 is 11.7. The van der Waals surface area contributed by atoms with Gasteiger partial charge in [-0.05, 0) is 49.6 Å². The number of anilines is 3. The van der Waals surface area contributed by atoms with E-state index in [2.05, 4.69) is 28.6 Å². The minimum Gasteiger partial charge on any atom is -0.490 e. The summed E-state index contributed by atoms with van der Waals surface area (Å²) >= 11 is 0. The summed E-state index contributed by atoms with van der Waals surface area (Å²) in [5.41, 5.74) is 12.7. The number of nitrogens with zero attached hydrogens (tertiary/aromatic N) is 1. The lowest BCUT2D eigenvalue weighted by Crippen LogP contribution is -2.15. The number of hydrogen-bond donors (Lipinski definition) is 4. The molecule has 39 heavy (non-hydrogen) atoms. The lowest BCUT2D eigenvalue weighted by Gasteiger charge is -2.20. The Bertz CT molecular complexity index is 1450. The zero-order chi connectivity index (χ0) is 27.8. The molecule has 0 aliphatic carbocycles. The number of aromatic nitrogens is 1. The molecule has 5 N–H and O–H groups in total. The van der Waals surface area contributed by atoms with Crippen LogP contribution in [-0.4, -0.2) is 29.2 Å². The van der Waals surface area contributed by atoms with Gasteiger partial charge in [0.1, 0.15) is 0 Å². The van der Waals surface area contributed by atoms with Crippen LogP contribution in [0.25, 0.3) is 10.9 Å². The number of nitrogens with two attached hydrogens (primary N) is 1. The Hall–Kier alpha value is -4.30. The van der Waals surface area contributed by atoms with Gasteiger partial charge in [0.2, 0.25) is 5.91 Å². The number of fused-ring (bicyclic) bond motifs is 1. The smallest absolute Gasteiger partial charge is 0.221 e. The van der Waals surface area contributed by atoms with E-state index in [4.69, 9.17) is 15.2 Å². The van der Waals surface area contributed by atoms with Crippen LogP contribution in [0, 0.1) is 0 Å². The Labute approximate surface area is 229 Å². The summed E-state index contributed by atoms with van der Waals surface area (Å²) in [6.45, 7) is 7.50. The van der Waals surface area contributed by atoms with Crippen LogP contribution in [0.15, 0.2) is 60.8 Å². The quantitative estimate of drug-likeness (QED) is 0.182. The third-order valence-corrected chi connectivity index (χ3v) is 6.52. The number of benzene rings is 3. The zero-order valence-electron chi connectivity index (χ0n) is 22.7. The molecule has 1 aromatic heterocycles. The molecule has 0 aliphatic heterocycles. The number of carbonyl (C=O) groups excluding carboxylic acids is 1. The molecule has 0 fully saturated rings. The Kier molecular flexibility index (Phi) is 9.22.